The molecule has 0 aliphatic carbocycles. The van der Waals surface area contributed by atoms with Gasteiger partial charge in [-0.15, -0.1) is 0 Å². The standard InChI is InChI=1S/C28H23N5O4S/c1-32-24-13-12-22(16-23(24)31-26(32)14-11-19-7-9-20(17-29)10-8-19)33(18-27(34)35)38(36,37)25-6-2-4-21-5-3-15-30-28(21)25/h2-10,12-13,15-16H,11,14,18H2,1H3,(H,34,35). The van der Waals surface area contributed by atoms with E-state index in [-0.39, 0.29) is 16.1 Å². The van der Waals surface area contributed by atoms with Crippen molar-refractivity contribution in [2.45, 2.75) is 17.7 Å². The average Bonchev–Trinajstić information content (AvgIpc) is 3.24. The third kappa shape index (κ3) is 4.67. The molecule has 0 spiro atoms. The van der Waals surface area contributed by atoms with Gasteiger partial charge in [-0.2, -0.15) is 5.26 Å². The van der Waals surface area contributed by atoms with Gasteiger partial charge in [0, 0.05) is 25.1 Å². The number of aliphatic carboxylic acids is 1. The predicted octanol–water partition coefficient (Wildman–Crippen LogP) is 4.06. The Bertz CT molecular complexity index is 1820. The lowest BCUT2D eigenvalue weighted by molar-refractivity contribution is -0.135. The van der Waals surface area contributed by atoms with E-state index in [1.807, 2.05) is 23.7 Å². The number of hydrogen-bond acceptors (Lipinski definition) is 6. The molecular weight excluding hydrogens is 502 g/mol. The molecule has 0 atom stereocenters. The van der Waals surface area contributed by atoms with Crippen molar-refractivity contribution < 1.29 is 18.3 Å². The minimum Gasteiger partial charge on any atom is -0.480 e. The van der Waals surface area contributed by atoms with Crippen molar-refractivity contribution in [2.75, 3.05) is 10.8 Å². The summed E-state index contributed by atoms with van der Waals surface area (Å²) >= 11 is 0. The summed E-state index contributed by atoms with van der Waals surface area (Å²) in [5, 5.41) is 19.2. The third-order valence-corrected chi connectivity index (χ3v) is 8.21. The quantitative estimate of drug-likeness (QED) is 0.323. The molecule has 0 aliphatic heterocycles. The first-order chi connectivity index (χ1) is 18.3. The molecule has 190 valence electrons. The largest absolute Gasteiger partial charge is 0.480 e. The van der Waals surface area contributed by atoms with E-state index >= 15 is 0 Å². The van der Waals surface area contributed by atoms with Gasteiger partial charge >= 0.3 is 5.97 Å². The van der Waals surface area contributed by atoms with Crippen molar-refractivity contribution in [2.24, 2.45) is 7.05 Å². The third-order valence-electron chi connectivity index (χ3n) is 6.41. The Labute approximate surface area is 219 Å². The van der Waals surface area contributed by atoms with E-state index in [9.17, 15) is 18.3 Å². The number of nitrogens with zero attached hydrogens (tertiary/aromatic N) is 5. The molecule has 38 heavy (non-hydrogen) atoms. The highest BCUT2D eigenvalue weighted by molar-refractivity contribution is 7.93. The molecule has 2 heterocycles. The topological polar surface area (TPSA) is 129 Å². The number of carboxylic acid groups (broad SMARTS) is 1. The Morgan fingerprint density at radius 3 is 2.55 bits per heavy atom. The number of para-hydroxylation sites is 1. The van der Waals surface area contributed by atoms with Crippen molar-refractivity contribution in [3.63, 3.8) is 0 Å². The summed E-state index contributed by atoms with van der Waals surface area (Å²) in [5.41, 5.74) is 3.49. The number of anilines is 1. The summed E-state index contributed by atoms with van der Waals surface area (Å²) in [7, 11) is -2.38. The zero-order valence-electron chi connectivity index (χ0n) is 20.4. The summed E-state index contributed by atoms with van der Waals surface area (Å²) in [6.07, 6.45) is 2.84. The summed E-state index contributed by atoms with van der Waals surface area (Å²) in [6.45, 7) is -0.755. The normalized spacial score (nSPS) is 11.5. The predicted molar refractivity (Wildman–Crippen MR) is 143 cm³/mol. The minimum atomic E-state index is -4.27. The zero-order valence-corrected chi connectivity index (χ0v) is 21.3. The number of imidazole rings is 1. The van der Waals surface area contributed by atoms with Crippen LogP contribution in [0.3, 0.4) is 0 Å². The van der Waals surface area contributed by atoms with E-state index in [4.69, 9.17) is 10.2 Å². The van der Waals surface area contributed by atoms with Crippen LogP contribution in [0.4, 0.5) is 5.69 Å². The first-order valence-electron chi connectivity index (χ1n) is 11.8. The summed E-state index contributed by atoms with van der Waals surface area (Å²) in [5.74, 6) is -0.488. The van der Waals surface area contributed by atoms with Gasteiger partial charge in [0.25, 0.3) is 10.0 Å². The molecule has 2 aromatic heterocycles. The van der Waals surface area contributed by atoms with Gasteiger partial charge in [-0.1, -0.05) is 30.3 Å². The molecular formula is C28H23N5O4S. The maximum absolute atomic E-state index is 13.8. The molecule has 0 aliphatic rings. The molecule has 3 aromatic carbocycles. The second kappa shape index (κ2) is 9.95. The van der Waals surface area contributed by atoms with Crippen molar-refractivity contribution in [3.05, 3.63) is 95.9 Å². The molecule has 0 amide bonds. The Balaban J connectivity index is 1.51. The first kappa shape index (κ1) is 24.9. The lowest BCUT2D eigenvalue weighted by atomic mass is 10.1. The number of carboxylic acids is 1. The number of aryl methyl sites for hydroxylation is 3. The Morgan fingerprint density at radius 2 is 1.82 bits per heavy atom. The molecule has 5 rings (SSSR count). The van der Waals surface area contributed by atoms with Gasteiger partial charge in [0.2, 0.25) is 0 Å². The van der Waals surface area contributed by atoms with Gasteiger partial charge in [0.1, 0.15) is 17.3 Å². The van der Waals surface area contributed by atoms with Crippen LogP contribution < -0.4 is 4.31 Å². The summed E-state index contributed by atoms with van der Waals surface area (Å²) in [6, 6.07) is 22.7. The maximum Gasteiger partial charge on any atom is 0.324 e. The summed E-state index contributed by atoms with van der Waals surface area (Å²) < 4.78 is 30.4. The van der Waals surface area contributed by atoms with Crippen LogP contribution in [-0.4, -0.2) is 40.6 Å². The van der Waals surface area contributed by atoms with Crippen LogP contribution in [0.5, 0.6) is 0 Å². The van der Waals surface area contributed by atoms with Crippen molar-refractivity contribution in [3.8, 4) is 6.07 Å². The van der Waals surface area contributed by atoms with E-state index in [1.54, 1.807) is 54.6 Å². The van der Waals surface area contributed by atoms with Crippen LogP contribution in [0.25, 0.3) is 21.9 Å². The van der Waals surface area contributed by atoms with Crippen LogP contribution >= 0.6 is 0 Å². The fourth-order valence-electron chi connectivity index (χ4n) is 4.46. The van der Waals surface area contributed by atoms with Crippen LogP contribution in [0, 0.1) is 11.3 Å². The second-order valence-electron chi connectivity index (χ2n) is 8.81. The Hall–Kier alpha value is -4.75. The highest BCUT2D eigenvalue weighted by Gasteiger charge is 2.29. The fraction of sp³-hybridized carbons (Fsp3) is 0.143. The van der Waals surface area contributed by atoms with Gasteiger partial charge in [-0.3, -0.25) is 14.1 Å². The van der Waals surface area contributed by atoms with Crippen LogP contribution in [0.15, 0.2) is 83.9 Å². The lowest BCUT2D eigenvalue weighted by Crippen LogP contribution is -2.36. The van der Waals surface area contributed by atoms with Gasteiger partial charge in [-0.05, 0) is 54.4 Å². The summed E-state index contributed by atoms with van der Waals surface area (Å²) in [4.78, 5) is 20.6. The minimum absolute atomic E-state index is 0.0685. The number of carbonyl (C=O) groups is 1. The number of rotatable bonds is 8. The van der Waals surface area contributed by atoms with Crippen molar-refractivity contribution >= 4 is 43.6 Å². The second-order valence-corrected chi connectivity index (χ2v) is 10.6. The number of sulfonamides is 1. The maximum atomic E-state index is 13.8. The molecule has 0 fully saturated rings. The highest BCUT2D eigenvalue weighted by atomic mass is 32.2. The average molecular weight is 526 g/mol. The molecule has 0 saturated carbocycles. The molecule has 0 bridgehead atoms. The SMILES string of the molecule is Cn1c(CCc2ccc(C#N)cc2)nc2cc(N(CC(=O)O)S(=O)(=O)c3cccc4cccnc34)ccc21. The van der Waals surface area contributed by atoms with E-state index in [0.29, 0.717) is 29.3 Å². The van der Waals surface area contributed by atoms with Gasteiger partial charge < -0.3 is 9.67 Å². The van der Waals surface area contributed by atoms with Crippen LogP contribution in [-0.2, 0) is 34.7 Å². The monoisotopic (exact) mass is 525 g/mol. The molecule has 0 saturated heterocycles. The molecule has 9 nitrogen and oxygen atoms in total. The Morgan fingerprint density at radius 1 is 1.05 bits per heavy atom. The van der Waals surface area contributed by atoms with Gasteiger partial charge in [-0.25, -0.2) is 13.4 Å². The molecule has 1 N–H and O–H groups in total. The molecule has 5 aromatic rings. The zero-order chi connectivity index (χ0) is 26.9. The lowest BCUT2D eigenvalue weighted by Gasteiger charge is -2.23. The number of aromatic nitrogens is 3. The number of nitriles is 1. The smallest absolute Gasteiger partial charge is 0.324 e. The van der Waals surface area contributed by atoms with Gasteiger partial charge in [0.15, 0.2) is 0 Å². The molecule has 0 unspecified atom stereocenters. The Kier molecular flexibility index (Phi) is 6.53. The van der Waals surface area contributed by atoms with E-state index < -0.39 is 22.5 Å². The van der Waals surface area contributed by atoms with Crippen LogP contribution in [0.1, 0.15) is 17.0 Å². The van der Waals surface area contributed by atoms with Gasteiger partial charge in [0.05, 0.1) is 33.9 Å². The van der Waals surface area contributed by atoms with Crippen molar-refractivity contribution in [1.29, 1.82) is 5.26 Å². The molecule has 10 heteroatoms. The van der Waals surface area contributed by atoms with E-state index in [0.717, 1.165) is 21.2 Å². The number of hydrogen-bond donors (Lipinski definition) is 1. The van der Waals surface area contributed by atoms with E-state index in [2.05, 4.69) is 11.1 Å². The highest BCUT2D eigenvalue weighted by Crippen LogP contribution is 2.30. The fourth-order valence-corrected chi connectivity index (χ4v) is 6.03. The number of fused-ring (bicyclic) bond motifs is 2. The first-order valence-corrected chi connectivity index (χ1v) is 13.2. The van der Waals surface area contributed by atoms with E-state index in [1.165, 1.54) is 12.3 Å². The van der Waals surface area contributed by atoms with Crippen molar-refractivity contribution in [1.82, 2.24) is 14.5 Å². The molecule has 0 radical (unpaired) electrons. The van der Waals surface area contributed by atoms with Crippen LogP contribution in [0.2, 0.25) is 0 Å². The number of pyridine rings is 1. The number of benzene rings is 3.